The van der Waals surface area contributed by atoms with Gasteiger partial charge in [-0.25, -0.2) is 0 Å². The molecule has 0 radical (unpaired) electrons. The molecule has 1 atom stereocenters. The van der Waals surface area contributed by atoms with Gasteiger partial charge in [0.1, 0.15) is 0 Å². The number of benzene rings is 2. The fourth-order valence-corrected chi connectivity index (χ4v) is 2.66. The zero-order valence-corrected chi connectivity index (χ0v) is 12.9. The highest BCUT2D eigenvalue weighted by Gasteiger charge is 2.09. The van der Waals surface area contributed by atoms with Gasteiger partial charge in [-0.1, -0.05) is 45.2 Å². The molecule has 0 fully saturated rings. The largest absolute Gasteiger partial charge is 0.387 e. The van der Waals surface area contributed by atoms with E-state index >= 15 is 0 Å². The van der Waals surface area contributed by atoms with Crippen LogP contribution in [0, 0.1) is 6.92 Å². The van der Waals surface area contributed by atoms with Crippen molar-refractivity contribution >= 4 is 33.2 Å². The second-order valence-corrected chi connectivity index (χ2v) is 5.82. The summed E-state index contributed by atoms with van der Waals surface area (Å²) in [7, 11) is 0. The smallest absolute Gasteiger partial charge is 0.0963 e. The first kappa shape index (κ1) is 14.4. The second kappa shape index (κ2) is 6.42. The summed E-state index contributed by atoms with van der Waals surface area (Å²) in [5, 5.41) is 14.0. The van der Waals surface area contributed by atoms with E-state index in [0.29, 0.717) is 11.6 Å². The molecule has 0 aliphatic heterocycles. The minimum absolute atomic E-state index is 0.440. The number of aliphatic hydroxyl groups is 1. The van der Waals surface area contributed by atoms with Crippen LogP contribution in [0.3, 0.4) is 0 Å². The third-order valence-electron chi connectivity index (χ3n) is 2.82. The molecule has 19 heavy (non-hydrogen) atoms. The summed E-state index contributed by atoms with van der Waals surface area (Å²) in [5.41, 5.74) is 3.00. The molecule has 0 saturated heterocycles. The molecule has 0 aliphatic carbocycles. The molecule has 0 bridgehead atoms. The number of nitrogens with one attached hydrogen (secondary N) is 1. The highest BCUT2D eigenvalue weighted by Crippen LogP contribution is 2.24. The Balaban J connectivity index is 2.00. The maximum atomic E-state index is 10.1. The summed E-state index contributed by atoms with van der Waals surface area (Å²) in [6.45, 7) is 2.48. The minimum atomic E-state index is -0.601. The van der Waals surface area contributed by atoms with E-state index in [-0.39, 0.29) is 0 Å². The molecule has 0 saturated carbocycles. The van der Waals surface area contributed by atoms with Gasteiger partial charge in [-0.05, 0) is 42.8 Å². The van der Waals surface area contributed by atoms with Crippen molar-refractivity contribution in [2.75, 3.05) is 11.9 Å². The lowest BCUT2D eigenvalue weighted by Crippen LogP contribution is -2.12. The Kier molecular flexibility index (Phi) is 4.86. The van der Waals surface area contributed by atoms with Gasteiger partial charge in [-0.15, -0.1) is 0 Å². The van der Waals surface area contributed by atoms with E-state index in [9.17, 15) is 5.11 Å². The van der Waals surface area contributed by atoms with Crippen molar-refractivity contribution in [3.63, 3.8) is 0 Å². The lowest BCUT2D eigenvalue weighted by Gasteiger charge is -2.14. The maximum absolute atomic E-state index is 10.1. The van der Waals surface area contributed by atoms with Crippen LogP contribution in [0.1, 0.15) is 17.2 Å². The Hall–Kier alpha value is -1.03. The van der Waals surface area contributed by atoms with Crippen LogP contribution in [0.15, 0.2) is 46.9 Å². The third kappa shape index (κ3) is 4.23. The van der Waals surface area contributed by atoms with E-state index in [4.69, 9.17) is 11.6 Å². The van der Waals surface area contributed by atoms with Crippen LogP contribution in [-0.4, -0.2) is 11.7 Å². The highest BCUT2D eigenvalue weighted by molar-refractivity contribution is 9.10. The summed E-state index contributed by atoms with van der Waals surface area (Å²) in [6.07, 6.45) is -0.601. The molecule has 2 aromatic rings. The predicted octanol–water partition coefficient (Wildman–Crippen LogP) is 4.56. The Morgan fingerprint density at radius 3 is 2.53 bits per heavy atom. The first-order chi connectivity index (χ1) is 9.04. The molecule has 2 aromatic carbocycles. The van der Waals surface area contributed by atoms with Gasteiger partial charge in [0.05, 0.1) is 6.10 Å². The molecule has 2 rings (SSSR count). The summed E-state index contributed by atoms with van der Waals surface area (Å²) >= 11 is 9.34. The SMILES string of the molecule is Cc1ccc(NCC(O)c2cc(Cl)cc(Br)c2)cc1. The average Bonchev–Trinajstić information content (AvgIpc) is 2.36. The molecule has 0 aliphatic rings. The molecule has 100 valence electrons. The lowest BCUT2D eigenvalue weighted by molar-refractivity contribution is 0.191. The summed E-state index contributed by atoms with van der Waals surface area (Å²) in [6, 6.07) is 13.5. The number of anilines is 1. The van der Waals surface area contributed by atoms with E-state index in [0.717, 1.165) is 15.7 Å². The van der Waals surface area contributed by atoms with E-state index < -0.39 is 6.10 Å². The number of hydrogen-bond acceptors (Lipinski definition) is 2. The molecule has 0 heterocycles. The van der Waals surface area contributed by atoms with Crippen molar-refractivity contribution in [1.82, 2.24) is 0 Å². The van der Waals surface area contributed by atoms with Crippen molar-refractivity contribution in [1.29, 1.82) is 0 Å². The van der Waals surface area contributed by atoms with Crippen molar-refractivity contribution in [2.45, 2.75) is 13.0 Å². The Labute approximate surface area is 126 Å². The third-order valence-corrected chi connectivity index (χ3v) is 3.50. The monoisotopic (exact) mass is 339 g/mol. The van der Waals surface area contributed by atoms with Gasteiger partial charge in [-0.3, -0.25) is 0 Å². The predicted molar refractivity (Wildman–Crippen MR) is 83.8 cm³/mol. The van der Waals surface area contributed by atoms with Crippen LogP contribution in [0.5, 0.6) is 0 Å². The van der Waals surface area contributed by atoms with Gasteiger partial charge < -0.3 is 10.4 Å². The van der Waals surface area contributed by atoms with Crippen LogP contribution in [0.25, 0.3) is 0 Å². The molecule has 1 unspecified atom stereocenters. The highest BCUT2D eigenvalue weighted by atomic mass is 79.9. The quantitative estimate of drug-likeness (QED) is 0.855. The summed E-state index contributed by atoms with van der Waals surface area (Å²) in [4.78, 5) is 0. The van der Waals surface area contributed by atoms with E-state index in [1.54, 1.807) is 12.1 Å². The Morgan fingerprint density at radius 1 is 1.21 bits per heavy atom. The van der Waals surface area contributed by atoms with Gasteiger partial charge in [0, 0.05) is 21.7 Å². The normalized spacial score (nSPS) is 12.2. The van der Waals surface area contributed by atoms with Crippen molar-refractivity contribution in [2.24, 2.45) is 0 Å². The van der Waals surface area contributed by atoms with Crippen LogP contribution in [-0.2, 0) is 0 Å². The first-order valence-corrected chi connectivity index (χ1v) is 7.16. The first-order valence-electron chi connectivity index (χ1n) is 5.99. The van der Waals surface area contributed by atoms with E-state index in [1.807, 2.05) is 37.3 Å². The summed E-state index contributed by atoms with van der Waals surface area (Å²) < 4.78 is 0.865. The molecular formula is C15H15BrClNO. The molecule has 0 spiro atoms. The number of halogens is 2. The van der Waals surface area contributed by atoms with Crippen molar-refractivity contribution in [3.05, 3.63) is 63.1 Å². The molecular weight excluding hydrogens is 326 g/mol. The molecule has 4 heteroatoms. The number of hydrogen-bond donors (Lipinski definition) is 2. The maximum Gasteiger partial charge on any atom is 0.0963 e. The topological polar surface area (TPSA) is 32.3 Å². The fourth-order valence-electron chi connectivity index (χ4n) is 1.77. The van der Waals surface area contributed by atoms with Gasteiger partial charge in [-0.2, -0.15) is 0 Å². The fraction of sp³-hybridized carbons (Fsp3) is 0.200. The summed E-state index contributed by atoms with van der Waals surface area (Å²) in [5.74, 6) is 0. The van der Waals surface area contributed by atoms with Gasteiger partial charge >= 0.3 is 0 Å². The van der Waals surface area contributed by atoms with E-state index in [1.165, 1.54) is 5.56 Å². The van der Waals surface area contributed by atoms with Crippen molar-refractivity contribution < 1.29 is 5.11 Å². The number of rotatable bonds is 4. The van der Waals surface area contributed by atoms with Crippen molar-refractivity contribution in [3.8, 4) is 0 Å². The van der Waals surface area contributed by atoms with Crippen LogP contribution < -0.4 is 5.32 Å². The van der Waals surface area contributed by atoms with Gasteiger partial charge in [0.15, 0.2) is 0 Å². The zero-order chi connectivity index (χ0) is 13.8. The van der Waals surface area contributed by atoms with Gasteiger partial charge in [0.2, 0.25) is 0 Å². The average molecular weight is 341 g/mol. The molecule has 2 nitrogen and oxygen atoms in total. The van der Waals surface area contributed by atoms with Crippen LogP contribution in [0.4, 0.5) is 5.69 Å². The lowest BCUT2D eigenvalue weighted by atomic mass is 10.1. The Bertz CT molecular complexity index is 536. The second-order valence-electron chi connectivity index (χ2n) is 4.47. The minimum Gasteiger partial charge on any atom is -0.387 e. The standard InChI is InChI=1S/C15H15BrClNO/c1-10-2-4-14(5-3-10)18-9-15(19)11-6-12(16)8-13(17)7-11/h2-8,15,18-19H,9H2,1H3. The molecule has 2 N–H and O–H groups in total. The molecule has 0 amide bonds. The zero-order valence-electron chi connectivity index (χ0n) is 10.5. The van der Waals surface area contributed by atoms with E-state index in [2.05, 4.69) is 21.2 Å². The Morgan fingerprint density at radius 2 is 1.89 bits per heavy atom. The number of aliphatic hydroxyl groups excluding tert-OH is 1. The van der Waals surface area contributed by atoms with Gasteiger partial charge in [0.25, 0.3) is 0 Å². The van der Waals surface area contributed by atoms with Crippen LogP contribution >= 0.6 is 27.5 Å². The molecule has 0 aromatic heterocycles. The number of aryl methyl sites for hydroxylation is 1. The van der Waals surface area contributed by atoms with Crippen LogP contribution in [0.2, 0.25) is 5.02 Å².